The molecule has 0 aliphatic rings. The Morgan fingerprint density at radius 2 is 1.82 bits per heavy atom. The molecule has 2 aromatic rings. The number of benzene rings is 2. The number of methoxy groups -OCH3 is 1. The van der Waals surface area contributed by atoms with Crippen LogP contribution < -0.4 is 10.5 Å². The first-order valence-corrected chi connectivity index (χ1v) is 5.71. The summed E-state index contributed by atoms with van der Waals surface area (Å²) in [4.78, 5) is 0. The SMILES string of the molecule is COc1ccccc1-c1cccc([C@@H](C)N)c1. The average molecular weight is 227 g/mol. The predicted molar refractivity (Wildman–Crippen MR) is 71.0 cm³/mol. The topological polar surface area (TPSA) is 35.2 Å². The summed E-state index contributed by atoms with van der Waals surface area (Å²) < 4.78 is 5.37. The first kappa shape index (κ1) is 11.7. The van der Waals surface area contributed by atoms with Gasteiger partial charge in [-0.3, -0.25) is 0 Å². The molecule has 0 spiro atoms. The second-order valence-electron chi connectivity index (χ2n) is 4.11. The van der Waals surface area contributed by atoms with Crippen LogP contribution in [0.15, 0.2) is 48.5 Å². The van der Waals surface area contributed by atoms with Crippen LogP contribution in [0.2, 0.25) is 0 Å². The lowest BCUT2D eigenvalue weighted by Crippen LogP contribution is -2.04. The van der Waals surface area contributed by atoms with Crippen molar-refractivity contribution in [1.29, 1.82) is 0 Å². The zero-order chi connectivity index (χ0) is 12.3. The van der Waals surface area contributed by atoms with Gasteiger partial charge in [0.05, 0.1) is 7.11 Å². The van der Waals surface area contributed by atoms with Gasteiger partial charge in [-0.2, -0.15) is 0 Å². The quantitative estimate of drug-likeness (QED) is 0.872. The molecule has 0 aromatic heterocycles. The van der Waals surface area contributed by atoms with Gasteiger partial charge in [0.15, 0.2) is 0 Å². The van der Waals surface area contributed by atoms with E-state index in [9.17, 15) is 0 Å². The minimum Gasteiger partial charge on any atom is -0.496 e. The number of rotatable bonds is 3. The minimum atomic E-state index is 0.0460. The molecule has 2 N–H and O–H groups in total. The van der Waals surface area contributed by atoms with E-state index in [0.29, 0.717) is 0 Å². The standard InChI is InChI=1S/C15H17NO/c1-11(16)12-6-5-7-13(10-12)14-8-3-4-9-15(14)17-2/h3-11H,16H2,1-2H3/t11-/m1/s1. The monoisotopic (exact) mass is 227 g/mol. The predicted octanol–water partition coefficient (Wildman–Crippen LogP) is 3.38. The van der Waals surface area contributed by atoms with E-state index in [0.717, 1.165) is 22.4 Å². The molecule has 0 aliphatic carbocycles. The third-order valence-corrected chi connectivity index (χ3v) is 2.83. The van der Waals surface area contributed by atoms with Crippen molar-refractivity contribution in [2.75, 3.05) is 7.11 Å². The molecular formula is C15H17NO. The van der Waals surface area contributed by atoms with E-state index >= 15 is 0 Å². The lowest BCUT2D eigenvalue weighted by Gasteiger charge is -2.11. The summed E-state index contributed by atoms with van der Waals surface area (Å²) in [5, 5.41) is 0. The normalized spacial score (nSPS) is 12.2. The fraction of sp³-hybridized carbons (Fsp3) is 0.200. The van der Waals surface area contributed by atoms with Crippen LogP contribution in [0.25, 0.3) is 11.1 Å². The maximum Gasteiger partial charge on any atom is 0.126 e. The number of para-hydroxylation sites is 1. The van der Waals surface area contributed by atoms with E-state index in [1.807, 2.05) is 37.3 Å². The van der Waals surface area contributed by atoms with Crippen LogP contribution in [0.4, 0.5) is 0 Å². The fourth-order valence-corrected chi connectivity index (χ4v) is 1.87. The Kier molecular flexibility index (Phi) is 3.45. The summed E-state index contributed by atoms with van der Waals surface area (Å²) in [6, 6.07) is 16.3. The van der Waals surface area contributed by atoms with Gasteiger partial charge < -0.3 is 10.5 Å². The molecule has 2 heteroatoms. The molecule has 0 saturated heterocycles. The van der Waals surface area contributed by atoms with Crippen molar-refractivity contribution in [3.63, 3.8) is 0 Å². The number of hydrogen-bond acceptors (Lipinski definition) is 2. The molecule has 1 atom stereocenters. The Morgan fingerprint density at radius 3 is 2.53 bits per heavy atom. The van der Waals surface area contributed by atoms with Crippen LogP contribution in [0, 0.1) is 0 Å². The number of hydrogen-bond donors (Lipinski definition) is 1. The average Bonchev–Trinajstić information content (AvgIpc) is 2.39. The van der Waals surface area contributed by atoms with E-state index in [1.165, 1.54) is 0 Å². The van der Waals surface area contributed by atoms with Gasteiger partial charge in [0.1, 0.15) is 5.75 Å². The summed E-state index contributed by atoms with van der Waals surface area (Å²) in [5.41, 5.74) is 9.26. The second kappa shape index (κ2) is 5.02. The molecule has 88 valence electrons. The summed E-state index contributed by atoms with van der Waals surface area (Å²) >= 11 is 0. The third kappa shape index (κ3) is 2.48. The van der Waals surface area contributed by atoms with Gasteiger partial charge in [0.2, 0.25) is 0 Å². The molecule has 2 aromatic carbocycles. The lowest BCUT2D eigenvalue weighted by atomic mass is 10.00. The summed E-state index contributed by atoms with van der Waals surface area (Å²) in [6.07, 6.45) is 0. The third-order valence-electron chi connectivity index (χ3n) is 2.83. The van der Waals surface area contributed by atoms with Crippen LogP contribution in [0.1, 0.15) is 18.5 Å². The molecular weight excluding hydrogens is 210 g/mol. The molecule has 0 fully saturated rings. The Morgan fingerprint density at radius 1 is 1.06 bits per heavy atom. The van der Waals surface area contributed by atoms with Crippen molar-refractivity contribution in [1.82, 2.24) is 0 Å². The zero-order valence-electron chi connectivity index (χ0n) is 10.2. The van der Waals surface area contributed by atoms with E-state index < -0.39 is 0 Å². The Balaban J connectivity index is 2.49. The van der Waals surface area contributed by atoms with Crippen LogP contribution in [-0.2, 0) is 0 Å². The van der Waals surface area contributed by atoms with Crippen LogP contribution in [0.5, 0.6) is 5.75 Å². The molecule has 0 saturated carbocycles. The summed E-state index contributed by atoms with van der Waals surface area (Å²) in [7, 11) is 1.69. The van der Waals surface area contributed by atoms with Crippen molar-refractivity contribution in [2.45, 2.75) is 13.0 Å². The fourth-order valence-electron chi connectivity index (χ4n) is 1.87. The second-order valence-corrected chi connectivity index (χ2v) is 4.11. The minimum absolute atomic E-state index is 0.0460. The van der Waals surface area contributed by atoms with E-state index in [2.05, 4.69) is 18.2 Å². The zero-order valence-corrected chi connectivity index (χ0v) is 10.2. The molecule has 0 heterocycles. The van der Waals surface area contributed by atoms with E-state index in [-0.39, 0.29) is 6.04 Å². The molecule has 2 rings (SSSR count). The van der Waals surface area contributed by atoms with Crippen molar-refractivity contribution >= 4 is 0 Å². The summed E-state index contributed by atoms with van der Waals surface area (Å²) in [6.45, 7) is 1.99. The molecule has 0 radical (unpaired) electrons. The molecule has 0 bridgehead atoms. The lowest BCUT2D eigenvalue weighted by molar-refractivity contribution is 0.416. The highest BCUT2D eigenvalue weighted by atomic mass is 16.5. The molecule has 0 unspecified atom stereocenters. The smallest absolute Gasteiger partial charge is 0.126 e. The van der Waals surface area contributed by atoms with E-state index in [1.54, 1.807) is 7.11 Å². The van der Waals surface area contributed by atoms with Gasteiger partial charge in [-0.15, -0.1) is 0 Å². The van der Waals surface area contributed by atoms with Gasteiger partial charge in [-0.05, 0) is 30.2 Å². The van der Waals surface area contributed by atoms with Gasteiger partial charge in [0, 0.05) is 11.6 Å². The van der Waals surface area contributed by atoms with E-state index in [4.69, 9.17) is 10.5 Å². The highest BCUT2D eigenvalue weighted by Gasteiger charge is 2.06. The maximum atomic E-state index is 5.90. The molecule has 0 aliphatic heterocycles. The van der Waals surface area contributed by atoms with Crippen molar-refractivity contribution < 1.29 is 4.74 Å². The van der Waals surface area contributed by atoms with Crippen LogP contribution >= 0.6 is 0 Å². The molecule has 0 amide bonds. The number of ether oxygens (including phenoxy) is 1. The largest absolute Gasteiger partial charge is 0.496 e. The van der Waals surface area contributed by atoms with Crippen LogP contribution in [0.3, 0.4) is 0 Å². The maximum absolute atomic E-state index is 5.90. The number of nitrogens with two attached hydrogens (primary N) is 1. The van der Waals surface area contributed by atoms with Crippen molar-refractivity contribution in [2.24, 2.45) is 5.73 Å². The summed E-state index contributed by atoms with van der Waals surface area (Å²) in [5.74, 6) is 0.884. The van der Waals surface area contributed by atoms with Crippen LogP contribution in [-0.4, -0.2) is 7.11 Å². The van der Waals surface area contributed by atoms with Crippen molar-refractivity contribution in [3.05, 3.63) is 54.1 Å². The van der Waals surface area contributed by atoms with Crippen molar-refractivity contribution in [3.8, 4) is 16.9 Å². The Bertz CT molecular complexity index is 506. The highest BCUT2D eigenvalue weighted by molar-refractivity contribution is 5.70. The molecule has 17 heavy (non-hydrogen) atoms. The molecule has 2 nitrogen and oxygen atoms in total. The van der Waals surface area contributed by atoms with Gasteiger partial charge >= 0.3 is 0 Å². The Hall–Kier alpha value is -1.80. The van der Waals surface area contributed by atoms with Gasteiger partial charge in [-0.25, -0.2) is 0 Å². The van der Waals surface area contributed by atoms with Gasteiger partial charge in [-0.1, -0.05) is 36.4 Å². The first-order valence-electron chi connectivity index (χ1n) is 5.71. The Labute approximate surface area is 102 Å². The van der Waals surface area contributed by atoms with Gasteiger partial charge in [0.25, 0.3) is 0 Å². The highest BCUT2D eigenvalue weighted by Crippen LogP contribution is 2.30. The first-order chi connectivity index (χ1) is 8.22.